The molecule has 0 radical (unpaired) electrons. The summed E-state index contributed by atoms with van der Waals surface area (Å²) >= 11 is 1.77. The van der Waals surface area contributed by atoms with Crippen molar-refractivity contribution in [3.8, 4) is 5.75 Å². The zero-order valence-corrected chi connectivity index (χ0v) is 29.2. The van der Waals surface area contributed by atoms with E-state index in [0.29, 0.717) is 116 Å². The lowest BCUT2D eigenvalue weighted by Crippen LogP contribution is -2.27. The molecular weight excluding hydrogens is 652 g/mol. The number of carbonyl (C=O) groups excluding carboxylic acids is 4. The molecule has 3 rings (SSSR count). The first-order chi connectivity index (χ1) is 23.9. The molecule has 1 atom stereocenters. The molecule has 0 aromatic heterocycles. The normalized spacial score (nSPS) is 15.0. The Morgan fingerprint density at radius 3 is 1.92 bits per heavy atom. The fourth-order valence-corrected chi connectivity index (χ4v) is 6.19. The third kappa shape index (κ3) is 18.2. The number of aliphatic imine (C=N–C) groups is 2. The van der Waals surface area contributed by atoms with Crippen LogP contribution in [0.2, 0.25) is 0 Å². The van der Waals surface area contributed by atoms with Gasteiger partial charge in [0.25, 0.3) is 0 Å². The second-order valence-corrected chi connectivity index (χ2v) is 12.8. The highest BCUT2D eigenvalue weighted by Crippen LogP contribution is 2.29. The van der Waals surface area contributed by atoms with E-state index in [1.807, 2.05) is 12.1 Å². The molecule has 2 aliphatic rings. The van der Waals surface area contributed by atoms with Gasteiger partial charge in [-0.3, -0.25) is 14.4 Å². The van der Waals surface area contributed by atoms with Crippen LogP contribution in [0.15, 0.2) is 34.3 Å². The van der Waals surface area contributed by atoms with E-state index < -0.39 is 0 Å². The molecule has 14 nitrogen and oxygen atoms in total. The van der Waals surface area contributed by atoms with Gasteiger partial charge >= 0.3 is 6.03 Å². The van der Waals surface area contributed by atoms with E-state index in [4.69, 9.17) is 24.7 Å². The van der Waals surface area contributed by atoms with E-state index in [-0.39, 0.29) is 29.0 Å². The average Bonchev–Trinajstić information content (AvgIpc) is 3.63. The van der Waals surface area contributed by atoms with E-state index in [2.05, 4.69) is 25.9 Å². The summed E-state index contributed by atoms with van der Waals surface area (Å²) in [6.07, 6.45) is 6.32. The lowest BCUT2D eigenvalue weighted by Gasteiger charge is -2.09. The Morgan fingerprint density at radius 2 is 1.31 bits per heavy atom. The summed E-state index contributed by atoms with van der Waals surface area (Å²) in [6.45, 7) is 5.02. The number of fused-ring (bicyclic) bond motifs is 1. The van der Waals surface area contributed by atoms with Crippen LogP contribution >= 0.6 is 11.8 Å². The van der Waals surface area contributed by atoms with E-state index in [1.165, 1.54) is 0 Å². The lowest BCUT2D eigenvalue weighted by molar-refractivity contribution is -0.123. The Morgan fingerprint density at radius 1 is 0.735 bits per heavy atom. The van der Waals surface area contributed by atoms with Crippen LogP contribution < -0.4 is 26.4 Å². The van der Waals surface area contributed by atoms with E-state index in [1.54, 1.807) is 23.9 Å². The first kappa shape index (κ1) is 39.9. The quantitative estimate of drug-likeness (QED) is 0.0745. The second kappa shape index (κ2) is 24.6. The Hall–Kier alpha value is -3.53. The molecule has 0 unspecified atom stereocenters. The molecule has 272 valence electrons. The minimum Gasteiger partial charge on any atom is -0.493 e. The molecular formula is C34H52N6O8S. The van der Waals surface area contributed by atoms with Gasteiger partial charge in [0.1, 0.15) is 5.75 Å². The lowest BCUT2D eigenvalue weighted by atomic mass is 10.1. The van der Waals surface area contributed by atoms with Crippen LogP contribution in [0, 0.1) is 0 Å². The number of urea groups is 1. The number of ether oxygens (including phenoxy) is 4. The standard InChI is InChI=1S/C34H52N6O8S/c35-26-8-3-9-27(24-26)48-19-7-16-38-32(43)13-4-12-31(42)37-15-6-18-46-21-23-47-22-20-45-17-5-14-36-30(41)11-2-1-10-29-33-28(25-49-29)39-34(44)40-33/h3,8-9,24,29H,1-2,4-7,10-23,25,35H2,(H,36,41)(H,37,42)(H,38,43)/t29-/m0/s1. The minimum atomic E-state index is -0.386. The molecule has 1 aromatic rings. The zero-order chi connectivity index (χ0) is 34.9. The molecule has 2 heterocycles. The molecule has 0 spiro atoms. The van der Waals surface area contributed by atoms with Crippen LogP contribution in [0.4, 0.5) is 10.5 Å². The summed E-state index contributed by atoms with van der Waals surface area (Å²) in [6, 6.07) is 6.83. The number of thioether (sulfide) groups is 1. The second-order valence-electron chi connectivity index (χ2n) is 11.6. The van der Waals surface area contributed by atoms with Crippen LogP contribution in [-0.2, 0) is 28.6 Å². The summed E-state index contributed by atoms with van der Waals surface area (Å²) in [5.41, 5.74) is 8.02. The van der Waals surface area contributed by atoms with Crippen molar-refractivity contribution in [3.63, 3.8) is 0 Å². The summed E-state index contributed by atoms with van der Waals surface area (Å²) in [5, 5.41) is 8.84. The van der Waals surface area contributed by atoms with Gasteiger partial charge in [-0.2, -0.15) is 9.98 Å². The number of benzene rings is 1. The highest BCUT2D eigenvalue weighted by atomic mass is 32.2. The van der Waals surface area contributed by atoms with E-state index in [0.717, 1.165) is 42.9 Å². The van der Waals surface area contributed by atoms with Crippen LogP contribution in [0.3, 0.4) is 0 Å². The van der Waals surface area contributed by atoms with Crippen molar-refractivity contribution in [3.05, 3.63) is 24.3 Å². The number of amides is 5. The third-order valence-corrected chi connectivity index (χ3v) is 8.79. The number of anilines is 1. The Bertz CT molecular complexity index is 1250. The molecule has 15 heteroatoms. The number of nitrogen functional groups attached to an aromatic ring is 1. The van der Waals surface area contributed by atoms with Gasteiger partial charge in [-0.1, -0.05) is 12.5 Å². The number of nitrogens with zero attached hydrogens (tertiary/aromatic N) is 2. The van der Waals surface area contributed by atoms with Crippen LogP contribution in [0.5, 0.6) is 5.75 Å². The summed E-state index contributed by atoms with van der Waals surface area (Å²) in [4.78, 5) is 55.2. The van der Waals surface area contributed by atoms with Crippen molar-refractivity contribution >= 4 is 52.6 Å². The predicted octanol–water partition coefficient (Wildman–Crippen LogP) is 3.08. The first-order valence-corrected chi connectivity index (χ1v) is 18.3. The van der Waals surface area contributed by atoms with Gasteiger partial charge in [-0.05, 0) is 50.7 Å². The Kier molecular flexibility index (Phi) is 20.0. The summed E-state index contributed by atoms with van der Waals surface area (Å²) < 4.78 is 22.2. The molecule has 0 aliphatic carbocycles. The van der Waals surface area contributed by atoms with Gasteiger partial charge in [-0.15, -0.1) is 11.8 Å². The van der Waals surface area contributed by atoms with Crippen molar-refractivity contribution < 1.29 is 38.1 Å². The molecule has 1 saturated heterocycles. The number of carbonyl (C=O) groups is 4. The fraction of sp³-hybridized carbons (Fsp3) is 0.647. The average molecular weight is 705 g/mol. The number of unbranched alkanes of at least 4 members (excludes halogenated alkanes) is 1. The van der Waals surface area contributed by atoms with Crippen molar-refractivity contribution in [2.24, 2.45) is 9.98 Å². The summed E-state index contributed by atoms with van der Waals surface area (Å²) in [5.74, 6) is 1.35. The smallest absolute Gasteiger partial charge is 0.367 e. The van der Waals surface area contributed by atoms with Crippen LogP contribution in [-0.4, -0.2) is 112 Å². The van der Waals surface area contributed by atoms with Crippen molar-refractivity contribution in [2.45, 2.75) is 69.5 Å². The number of nitrogens with one attached hydrogen (secondary N) is 3. The highest BCUT2D eigenvalue weighted by Gasteiger charge is 2.33. The maximum Gasteiger partial charge on any atom is 0.367 e. The topological polar surface area (TPSA) is 192 Å². The van der Waals surface area contributed by atoms with Gasteiger partial charge in [0.2, 0.25) is 17.7 Å². The first-order valence-electron chi connectivity index (χ1n) is 17.2. The van der Waals surface area contributed by atoms with Gasteiger partial charge < -0.3 is 40.6 Å². The molecule has 49 heavy (non-hydrogen) atoms. The predicted molar refractivity (Wildman–Crippen MR) is 191 cm³/mol. The van der Waals surface area contributed by atoms with Gasteiger partial charge in [-0.25, -0.2) is 4.79 Å². The number of nitrogens with two attached hydrogens (primary N) is 1. The van der Waals surface area contributed by atoms with Gasteiger partial charge in [0, 0.05) is 74.9 Å². The number of hydrogen-bond donors (Lipinski definition) is 4. The van der Waals surface area contributed by atoms with Gasteiger partial charge in [0.05, 0.1) is 44.5 Å². The SMILES string of the molecule is Nc1cccc(OCCCNC(=O)CCCC(=O)NCCCOCCOCCOCCCNC(=O)CCCC[C@@H]2SCC3=NC(=O)N=C32)c1. The Balaban J connectivity index is 0.981. The molecule has 1 aromatic carbocycles. The van der Waals surface area contributed by atoms with Gasteiger partial charge in [0.15, 0.2) is 0 Å². The molecule has 0 bridgehead atoms. The van der Waals surface area contributed by atoms with Crippen molar-refractivity contribution in [1.29, 1.82) is 0 Å². The molecule has 1 fully saturated rings. The molecule has 0 saturated carbocycles. The monoisotopic (exact) mass is 704 g/mol. The van der Waals surface area contributed by atoms with Crippen LogP contribution in [0.25, 0.3) is 0 Å². The maximum absolute atomic E-state index is 12.0. The van der Waals surface area contributed by atoms with Crippen molar-refractivity contribution in [2.75, 3.05) is 77.4 Å². The molecule has 5 amide bonds. The Labute approximate surface area is 293 Å². The van der Waals surface area contributed by atoms with Crippen LogP contribution in [0.1, 0.15) is 64.2 Å². The highest BCUT2D eigenvalue weighted by molar-refractivity contribution is 8.02. The third-order valence-electron chi connectivity index (χ3n) is 7.49. The maximum atomic E-state index is 12.0. The number of hydrogen-bond acceptors (Lipinski definition) is 10. The summed E-state index contributed by atoms with van der Waals surface area (Å²) in [7, 11) is 0. The molecule has 5 N–H and O–H groups in total. The largest absolute Gasteiger partial charge is 0.493 e. The fourth-order valence-electron chi connectivity index (χ4n) is 4.94. The van der Waals surface area contributed by atoms with Crippen molar-refractivity contribution in [1.82, 2.24) is 16.0 Å². The minimum absolute atomic E-state index is 0.0439. The zero-order valence-electron chi connectivity index (χ0n) is 28.4. The molecule has 2 aliphatic heterocycles. The van der Waals surface area contributed by atoms with E-state index in [9.17, 15) is 19.2 Å². The number of rotatable bonds is 28. The van der Waals surface area contributed by atoms with E-state index >= 15 is 0 Å².